The van der Waals surface area contributed by atoms with E-state index in [2.05, 4.69) is 0 Å². The van der Waals surface area contributed by atoms with E-state index in [1.807, 2.05) is 0 Å². The number of halogens is 4. The molecule has 24 heavy (non-hydrogen) atoms. The summed E-state index contributed by atoms with van der Waals surface area (Å²) < 4.78 is 51.9. The van der Waals surface area contributed by atoms with E-state index in [1.165, 1.54) is 11.0 Å². The van der Waals surface area contributed by atoms with Crippen LogP contribution in [0, 0.1) is 11.7 Å². The van der Waals surface area contributed by atoms with E-state index >= 15 is 0 Å². The molecule has 1 aromatic carbocycles. The molecule has 1 atom stereocenters. The molecule has 2 rings (SSSR count). The van der Waals surface area contributed by atoms with Gasteiger partial charge in [-0.25, -0.2) is 4.39 Å². The van der Waals surface area contributed by atoms with Crippen LogP contribution >= 0.6 is 0 Å². The molecule has 134 valence electrons. The predicted octanol–water partition coefficient (Wildman–Crippen LogP) is 3.31. The van der Waals surface area contributed by atoms with Crippen LogP contribution in [0.1, 0.15) is 31.7 Å². The third-order valence-electron chi connectivity index (χ3n) is 4.66. The Kier molecular flexibility index (Phi) is 5.52. The number of aryl methyl sites for hydroxylation is 1. The quantitative estimate of drug-likeness (QED) is 0.849. The molecule has 7 heteroatoms. The SMILES string of the molecule is CC(CCc1ccccc1F)C(=O)N1CCC(O)(C(F)(F)F)CC1. The predicted molar refractivity (Wildman–Crippen MR) is 80.7 cm³/mol. The van der Waals surface area contributed by atoms with Gasteiger partial charge >= 0.3 is 6.18 Å². The summed E-state index contributed by atoms with van der Waals surface area (Å²) in [5.74, 6) is -0.998. The molecule has 1 N–H and O–H groups in total. The molecule has 0 aliphatic carbocycles. The summed E-state index contributed by atoms with van der Waals surface area (Å²) in [5, 5.41) is 9.62. The van der Waals surface area contributed by atoms with Crippen LogP contribution in [0.25, 0.3) is 0 Å². The molecule has 0 spiro atoms. The Morgan fingerprint density at radius 2 is 1.88 bits per heavy atom. The number of nitrogens with zero attached hydrogens (tertiary/aromatic N) is 1. The van der Waals surface area contributed by atoms with Gasteiger partial charge in [0, 0.05) is 31.8 Å². The molecule has 1 fully saturated rings. The van der Waals surface area contributed by atoms with Gasteiger partial charge in [-0.1, -0.05) is 25.1 Å². The summed E-state index contributed by atoms with van der Waals surface area (Å²) in [6.07, 6.45) is -4.90. The van der Waals surface area contributed by atoms with E-state index < -0.39 is 30.5 Å². The van der Waals surface area contributed by atoms with Crippen LogP contribution in [0.2, 0.25) is 0 Å². The Balaban J connectivity index is 1.87. The number of rotatable bonds is 4. The van der Waals surface area contributed by atoms with Gasteiger partial charge in [0.25, 0.3) is 0 Å². The van der Waals surface area contributed by atoms with Crippen LogP contribution in [-0.4, -0.2) is 40.8 Å². The van der Waals surface area contributed by atoms with Crippen molar-refractivity contribution < 1.29 is 27.5 Å². The molecule has 0 bridgehead atoms. The first-order valence-electron chi connectivity index (χ1n) is 7.95. The highest BCUT2D eigenvalue weighted by atomic mass is 19.4. The highest BCUT2D eigenvalue weighted by molar-refractivity contribution is 5.78. The summed E-state index contributed by atoms with van der Waals surface area (Å²) >= 11 is 0. The van der Waals surface area contributed by atoms with Gasteiger partial charge in [0.05, 0.1) is 0 Å². The van der Waals surface area contributed by atoms with E-state index in [4.69, 9.17) is 0 Å². The summed E-state index contributed by atoms with van der Waals surface area (Å²) in [5.41, 5.74) is -2.19. The summed E-state index contributed by atoms with van der Waals surface area (Å²) in [4.78, 5) is 13.7. The lowest BCUT2D eigenvalue weighted by molar-refractivity contribution is -0.272. The molecule has 1 aliphatic heterocycles. The molecular formula is C17H21F4NO2. The van der Waals surface area contributed by atoms with Gasteiger partial charge in [0.2, 0.25) is 5.91 Å². The lowest BCUT2D eigenvalue weighted by atomic mass is 9.89. The van der Waals surface area contributed by atoms with Gasteiger partial charge in [-0.15, -0.1) is 0 Å². The molecule has 1 unspecified atom stereocenters. The molecule has 1 amide bonds. The summed E-state index contributed by atoms with van der Waals surface area (Å²) in [7, 11) is 0. The monoisotopic (exact) mass is 347 g/mol. The first-order valence-corrected chi connectivity index (χ1v) is 7.95. The van der Waals surface area contributed by atoms with Gasteiger partial charge in [-0.2, -0.15) is 13.2 Å². The number of amides is 1. The van der Waals surface area contributed by atoms with Crippen molar-refractivity contribution in [3.63, 3.8) is 0 Å². The number of benzene rings is 1. The zero-order valence-electron chi connectivity index (χ0n) is 13.4. The van der Waals surface area contributed by atoms with E-state index in [-0.39, 0.29) is 24.8 Å². The van der Waals surface area contributed by atoms with Crippen LogP contribution in [-0.2, 0) is 11.2 Å². The highest BCUT2D eigenvalue weighted by Crippen LogP contribution is 2.38. The average molecular weight is 347 g/mol. The van der Waals surface area contributed by atoms with Gasteiger partial charge in [-0.3, -0.25) is 4.79 Å². The second-order valence-electron chi connectivity index (χ2n) is 6.39. The first-order chi connectivity index (χ1) is 11.1. The fraction of sp³-hybridized carbons (Fsp3) is 0.588. The van der Waals surface area contributed by atoms with Gasteiger partial charge < -0.3 is 10.0 Å². The third-order valence-corrected chi connectivity index (χ3v) is 4.66. The third kappa shape index (κ3) is 4.06. The van der Waals surface area contributed by atoms with Crippen molar-refractivity contribution in [3.8, 4) is 0 Å². The van der Waals surface area contributed by atoms with Crippen molar-refractivity contribution in [2.24, 2.45) is 5.92 Å². The van der Waals surface area contributed by atoms with E-state index in [1.54, 1.807) is 25.1 Å². The van der Waals surface area contributed by atoms with Crippen LogP contribution in [0.5, 0.6) is 0 Å². The zero-order chi connectivity index (χ0) is 18.0. The number of hydrogen-bond acceptors (Lipinski definition) is 2. The van der Waals surface area contributed by atoms with Gasteiger partial charge in [0.1, 0.15) is 5.82 Å². The zero-order valence-corrected chi connectivity index (χ0v) is 13.4. The normalized spacial score (nSPS) is 19.2. The number of likely N-dealkylation sites (tertiary alicyclic amines) is 1. The number of carbonyl (C=O) groups is 1. The van der Waals surface area contributed by atoms with Gasteiger partial charge in [-0.05, 0) is 24.5 Å². The summed E-state index contributed by atoms with van der Waals surface area (Å²) in [6.45, 7) is 1.44. The molecule has 1 aliphatic rings. The van der Waals surface area contributed by atoms with Crippen LogP contribution in [0.15, 0.2) is 24.3 Å². The molecule has 0 radical (unpaired) electrons. The Morgan fingerprint density at radius 3 is 2.42 bits per heavy atom. The van der Waals surface area contributed by atoms with Crippen molar-refractivity contribution in [2.75, 3.05) is 13.1 Å². The first kappa shape index (κ1) is 18.7. The topological polar surface area (TPSA) is 40.5 Å². The smallest absolute Gasteiger partial charge is 0.380 e. The molecule has 1 aromatic rings. The Bertz CT molecular complexity index is 580. The fourth-order valence-electron chi connectivity index (χ4n) is 2.89. The van der Waals surface area contributed by atoms with Crippen LogP contribution < -0.4 is 0 Å². The minimum atomic E-state index is -4.68. The minimum absolute atomic E-state index is 0.126. The number of alkyl halides is 3. The standard InChI is InChI=1S/C17H21F4NO2/c1-12(6-7-13-4-2-3-5-14(13)18)15(23)22-10-8-16(24,9-11-22)17(19,20)21/h2-5,12,24H,6-11H2,1H3. The molecule has 0 saturated carbocycles. The maximum Gasteiger partial charge on any atom is 0.417 e. The minimum Gasteiger partial charge on any atom is -0.380 e. The summed E-state index contributed by atoms with van der Waals surface area (Å²) in [6, 6.07) is 6.30. The lowest BCUT2D eigenvalue weighted by Gasteiger charge is -2.39. The van der Waals surface area contributed by atoms with Crippen LogP contribution in [0.4, 0.5) is 17.6 Å². The lowest BCUT2D eigenvalue weighted by Crippen LogP contribution is -2.55. The average Bonchev–Trinajstić information content (AvgIpc) is 2.53. The van der Waals surface area contributed by atoms with Crippen molar-refractivity contribution in [1.29, 1.82) is 0 Å². The van der Waals surface area contributed by atoms with Crippen molar-refractivity contribution in [2.45, 2.75) is 44.4 Å². The molecule has 3 nitrogen and oxygen atoms in total. The maximum atomic E-state index is 13.6. The van der Waals surface area contributed by atoms with Crippen LogP contribution in [0.3, 0.4) is 0 Å². The molecular weight excluding hydrogens is 326 g/mol. The Morgan fingerprint density at radius 1 is 1.29 bits per heavy atom. The number of aliphatic hydroxyl groups is 1. The highest BCUT2D eigenvalue weighted by Gasteiger charge is 2.54. The Labute approximate surface area is 138 Å². The number of carbonyl (C=O) groups excluding carboxylic acids is 1. The molecule has 0 aromatic heterocycles. The molecule has 1 saturated heterocycles. The fourth-order valence-corrected chi connectivity index (χ4v) is 2.89. The largest absolute Gasteiger partial charge is 0.417 e. The maximum absolute atomic E-state index is 13.6. The molecule has 1 heterocycles. The van der Waals surface area contributed by atoms with Gasteiger partial charge in [0.15, 0.2) is 5.60 Å². The van der Waals surface area contributed by atoms with E-state index in [9.17, 15) is 27.5 Å². The van der Waals surface area contributed by atoms with Crippen molar-refractivity contribution >= 4 is 5.91 Å². The number of piperidine rings is 1. The number of hydrogen-bond donors (Lipinski definition) is 1. The second kappa shape index (κ2) is 7.09. The van der Waals surface area contributed by atoms with Crippen molar-refractivity contribution in [1.82, 2.24) is 4.90 Å². The van der Waals surface area contributed by atoms with Crippen molar-refractivity contribution in [3.05, 3.63) is 35.6 Å². The van der Waals surface area contributed by atoms with E-state index in [0.29, 0.717) is 18.4 Å². The Hall–Kier alpha value is -1.63. The second-order valence-corrected chi connectivity index (χ2v) is 6.39. The van der Waals surface area contributed by atoms with E-state index in [0.717, 1.165) is 0 Å².